The second-order valence-corrected chi connectivity index (χ2v) is 5.75. The summed E-state index contributed by atoms with van der Waals surface area (Å²) in [5, 5.41) is 9.80. The summed E-state index contributed by atoms with van der Waals surface area (Å²) in [4.78, 5) is 2.13. The molecule has 0 radical (unpaired) electrons. The molecule has 1 aromatic carbocycles. The van der Waals surface area contributed by atoms with Gasteiger partial charge in [0.2, 0.25) is 0 Å². The first-order chi connectivity index (χ1) is 8.23. The second-order valence-electron chi connectivity index (χ2n) is 5.75. The van der Waals surface area contributed by atoms with E-state index < -0.39 is 5.60 Å². The summed E-state index contributed by atoms with van der Waals surface area (Å²) in [6, 6.07) is 4.29. The van der Waals surface area contributed by atoms with Gasteiger partial charge in [0.05, 0.1) is 12.7 Å². The average molecular weight is 251 g/mol. The fourth-order valence-electron chi connectivity index (χ4n) is 2.48. The van der Waals surface area contributed by atoms with Crippen LogP contribution in [0.2, 0.25) is 0 Å². The van der Waals surface area contributed by atoms with Crippen LogP contribution >= 0.6 is 0 Å². The summed E-state index contributed by atoms with van der Waals surface area (Å²) in [6.07, 6.45) is 0. The molecule has 3 heteroatoms. The van der Waals surface area contributed by atoms with Gasteiger partial charge < -0.3 is 9.84 Å². The van der Waals surface area contributed by atoms with E-state index in [1.807, 2.05) is 20.9 Å². The highest BCUT2D eigenvalue weighted by Gasteiger charge is 2.16. The lowest BCUT2D eigenvalue weighted by Gasteiger charge is -2.25. The molecule has 0 saturated heterocycles. The zero-order chi connectivity index (χ0) is 13.9. The van der Waals surface area contributed by atoms with Gasteiger partial charge in [-0.2, -0.15) is 0 Å². The Labute approximate surface area is 110 Å². The number of aliphatic hydroxyl groups is 1. The van der Waals surface area contributed by atoms with Gasteiger partial charge in [-0.25, -0.2) is 0 Å². The van der Waals surface area contributed by atoms with E-state index in [2.05, 4.69) is 30.9 Å². The molecule has 1 aromatic rings. The Balaban J connectivity index is 2.80. The molecule has 0 heterocycles. The monoisotopic (exact) mass is 251 g/mol. The molecule has 0 aliphatic carbocycles. The van der Waals surface area contributed by atoms with Crippen LogP contribution in [-0.4, -0.2) is 36.3 Å². The van der Waals surface area contributed by atoms with Gasteiger partial charge in [0.1, 0.15) is 5.75 Å². The van der Waals surface area contributed by atoms with Crippen molar-refractivity contribution in [2.45, 2.75) is 39.8 Å². The molecule has 0 aliphatic heterocycles. The highest BCUT2D eigenvalue weighted by molar-refractivity contribution is 5.43. The maximum absolute atomic E-state index is 9.80. The van der Waals surface area contributed by atoms with Crippen molar-refractivity contribution >= 4 is 0 Å². The lowest BCUT2D eigenvalue weighted by molar-refractivity contribution is 0.0425. The summed E-state index contributed by atoms with van der Waals surface area (Å²) in [5.74, 6) is 0.962. The number of ether oxygens (including phenoxy) is 1. The molecular formula is C15H25NO2. The van der Waals surface area contributed by atoms with Crippen molar-refractivity contribution < 1.29 is 9.84 Å². The molecule has 1 N–H and O–H groups in total. The average Bonchev–Trinajstić information content (AvgIpc) is 2.13. The third-order valence-corrected chi connectivity index (χ3v) is 2.83. The van der Waals surface area contributed by atoms with Crippen LogP contribution < -0.4 is 4.74 Å². The first kappa shape index (κ1) is 15.0. The lowest BCUT2D eigenvalue weighted by Crippen LogP contribution is -2.35. The highest BCUT2D eigenvalue weighted by atomic mass is 16.5. The van der Waals surface area contributed by atoms with Crippen molar-refractivity contribution in [2.24, 2.45) is 0 Å². The maximum Gasteiger partial charge on any atom is 0.124 e. The smallest absolute Gasteiger partial charge is 0.124 e. The quantitative estimate of drug-likeness (QED) is 0.873. The van der Waals surface area contributed by atoms with Crippen LogP contribution in [0.5, 0.6) is 5.75 Å². The molecule has 3 nitrogen and oxygen atoms in total. The van der Waals surface area contributed by atoms with E-state index in [9.17, 15) is 5.11 Å². The lowest BCUT2D eigenvalue weighted by atomic mass is 10.0. The fraction of sp³-hybridized carbons (Fsp3) is 0.600. The van der Waals surface area contributed by atoms with E-state index in [4.69, 9.17) is 4.74 Å². The van der Waals surface area contributed by atoms with Crippen LogP contribution in [0.15, 0.2) is 12.1 Å². The van der Waals surface area contributed by atoms with Crippen LogP contribution in [0.25, 0.3) is 0 Å². The summed E-state index contributed by atoms with van der Waals surface area (Å²) >= 11 is 0. The molecule has 0 spiro atoms. The normalized spacial score (nSPS) is 12.0. The Morgan fingerprint density at radius 1 is 1.22 bits per heavy atom. The fourth-order valence-corrected chi connectivity index (χ4v) is 2.48. The molecule has 0 saturated carbocycles. The number of aryl methyl sites for hydroxylation is 2. The Bertz CT molecular complexity index is 384. The minimum atomic E-state index is -0.661. The van der Waals surface area contributed by atoms with Gasteiger partial charge in [-0.05, 0) is 51.4 Å². The van der Waals surface area contributed by atoms with Crippen molar-refractivity contribution in [1.82, 2.24) is 4.90 Å². The van der Waals surface area contributed by atoms with Gasteiger partial charge in [0, 0.05) is 13.1 Å². The predicted octanol–water partition coefficient (Wildman–Crippen LogP) is 2.51. The van der Waals surface area contributed by atoms with E-state index in [1.54, 1.807) is 7.11 Å². The van der Waals surface area contributed by atoms with Gasteiger partial charge in [-0.1, -0.05) is 12.1 Å². The van der Waals surface area contributed by atoms with Gasteiger partial charge in [-0.15, -0.1) is 0 Å². The summed E-state index contributed by atoms with van der Waals surface area (Å²) in [5.41, 5.74) is 2.90. The van der Waals surface area contributed by atoms with E-state index >= 15 is 0 Å². The third kappa shape index (κ3) is 4.31. The summed E-state index contributed by atoms with van der Waals surface area (Å²) in [6.45, 7) is 9.26. The molecule has 0 atom stereocenters. The van der Waals surface area contributed by atoms with Crippen molar-refractivity contribution in [3.8, 4) is 5.75 Å². The zero-order valence-electron chi connectivity index (χ0n) is 12.4. The second kappa shape index (κ2) is 5.72. The SMILES string of the molecule is COc1c(C)cc(CN(C)CC(C)(C)O)cc1C. The van der Waals surface area contributed by atoms with Gasteiger partial charge >= 0.3 is 0 Å². The van der Waals surface area contributed by atoms with Crippen LogP contribution in [0.3, 0.4) is 0 Å². The molecule has 0 fully saturated rings. The van der Waals surface area contributed by atoms with E-state index in [-0.39, 0.29) is 0 Å². The van der Waals surface area contributed by atoms with Crippen molar-refractivity contribution in [1.29, 1.82) is 0 Å². The topological polar surface area (TPSA) is 32.7 Å². The first-order valence-electron chi connectivity index (χ1n) is 6.28. The number of hydrogen-bond donors (Lipinski definition) is 1. The van der Waals surface area contributed by atoms with Crippen LogP contribution in [-0.2, 0) is 6.54 Å². The highest BCUT2D eigenvalue weighted by Crippen LogP contribution is 2.24. The van der Waals surface area contributed by atoms with Gasteiger partial charge in [-0.3, -0.25) is 4.90 Å². The standard InChI is InChI=1S/C15H25NO2/c1-11-7-13(8-12(2)14(11)18-6)9-16(5)10-15(3,4)17/h7-8,17H,9-10H2,1-6H3. The van der Waals surface area contributed by atoms with E-state index in [0.717, 1.165) is 23.4 Å². The number of nitrogens with zero attached hydrogens (tertiary/aromatic N) is 1. The third-order valence-electron chi connectivity index (χ3n) is 2.83. The number of benzene rings is 1. The summed E-state index contributed by atoms with van der Waals surface area (Å²) < 4.78 is 5.36. The molecule has 18 heavy (non-hydrogen) atoms. The van der Waals surface area contributed by atoms with E-state index in [1.165, 1.54) is 5.56 Å². The number of hydrogen-bond acceptors (Lipinski definition) is 3. The zero-order valence-corrected chi connectivity index (χ0v) is 12.4. The van der Waals surface area contributed by atoms with Crippen molar-refractivity contribution in [2.75, 3.05) is 20.7 Å². The Hall–Kier alpha value is -1.06. The molecule has 102 valence electrons. The molecule has 0 unspecified atom stereocenters. The Morgan fingerprint density at radius 2 is 1.72 bits per heavy atom. The Kier molecular flexibility index (Phi) is 4.77. The molecule has 0 aliphatic rings. The largest absolute Gasteiger partial charge is 0.496 e. The van der Waals surface area contributed by atoms with Crippen LogP contribution in [0, 0.1) is 13.8 Å². The summed E-state index contributed by atoms with van der Waals surface area (Å²) in [7, 11) is 3.72. The number of likely N-dealkylation sites (N-methyl/N-ethyl adjacent to an activating group) is 1. The minimum Gasteiger partial charge on any atom is -0.496 e. The predicted molar refractivity (Wildman–Crippen MR) is 75.1 cm³/mol. The molecular weight excluding hydrogens is 226 g/mol. The van der Waals surface area contributed by atoms with Crippen molar-refractivity contribution in [3.05, 3.63) is 28.8 Å². The Morgan fingerprint density at radius 3 is 2.11 bits per heavy atom. The minimum absolute atomic E-state index is 0.650. The van der Waals surface area contributed by atoms with Crippen LogP contribution in [0.1, 0.15) is 30.5 Å². The first-order valence-corrected chi connectivity index (χ1v) is 6.28. The number of methoxy groups -OCH3 is 1. The van der Waals surface area contributed by atoms with Gasteiger partial charge in [0.15, 0.2) is 0 Å². The maximum atomic E-state index is 9.80. The molecule has 0 amide bonds. The number of rotatable bonds is 5. The van der Waals surface area contributed by atoms with Gasteiger partial charge in [0.25, 0.3) is 0 Å². The van der Waals surface area contributed by atoms with Crippen molar-refractivity contribution in [3.63, 3.8) is 0 Å². The molecule has 0 bridgehead atoms. The molecule has 1 rings (SSSR count). The molecule has 0 aromatic heterocycles. The van der Waals surface area contributed by atoms with E-state index in [0.29, 0.717) is 6.54 Å². The van der Waals surface area contributed by atoms with Crippen LogP contribution in [0.4, 0.5) is 0 Å².